The molecular weight excluding hydrogens is 519 g/mol. The Kier molecular flexibility index (Phi) is 7.82. The molecule has 4 atom stereocenters. The fourth-order valence-electron chi connectivity index (χ4n) is 5.61. The molecule has 3 aromatic rings. The zero-order valence-corrected chi connectivity index (χ0v) is 23.0. The summed E-state index contributed by atoms with van der Waals surface area (Å²) in [6.45, 7) is 6.32. The number of halogens is 1. The Hall–Kier alpha value is -3.18. The Balaban J connectivity index is 1.27. The van der Waals surface area contributed by atoms with Crippen LogP contribution in [0.25, 0.3) is 10.4 Å². The molecule has 8 nitrogen and oxygen atoms in total. The number of aromatic nitrogens is 1. The van der Waals surface area contributed by atoms with E-state index in [2.05, 4.69) is 10.3 Å². The quantitative estimate of drug-likeness (QED) is 0.415. The minimum Gasteiger partial charge on any atom is -0.391 e. The number of nitrogens with one attached hydrogen (secondary N) is 1. The highest BCUT2D eigenvalue weighted by Crippen LogP contribution is 2.37. The van der Waals surface area contributed by atoms with Gasteiger partial charge in [0, 0.05) is 31.6 Å². The van der Waals surface area contributed by atoms with Gasteiger partial charge in [-0.15, -0.1) is 11.3 Å². The summed E-state index contributed by atoms with van der Waals surface area (Å²) in [6, 6.07) is 10.6. The molecule has 10 heteroatoms. The molecule has 39 heavy (non-hydrogen) atoms. The first kappa shape index (κ1) is 27.4. The third-order valence-corrected chi connectivity index (χ3v) is 8.57. The fraction of sp³-hybridized carbons (Fsp3) is 0.414. The van der Waals surface area contributed by atoms with Crippen molar-refractivity contribution >= 4 is 23.2 Å². The van der Waals surface area contributed by atoms with Gasteiger partial charge in [0.05, 0.1) is 28.2 Å². The smallest absolute Gasteiger partial charge is 0.243 e. The first-order valence-electron chi connectivity index (χ1n) is 13.1. The number of nitrogens with zero attached hydrogens (tertiary/aromatic N) is 3. The second-order valence-electron chi connectivity index (χ2n) is 10.7. The van der Waals surface area contributed by atoms with E-state index >= 15 is 0 Å². The van der Waals surface area contributed by atoms with Crippen LogP contribution in [0.4, 0.5) is 4.39 Å². The largest absolute Gasteiger partial charge is 0.391 e. The molecule has 2 aliphatic rings. The van der Waals surface area contributed by atoms with E-state index in [-0.39, 0.29) is 43.8 Å². The molecule has 0 radical (unpaired) electrons. The number of rotatable bonds is 7. The third kappa shape index (κ3) is 5.47. The Morgan fingerprint density at radius 2 is 1.92 bits per heavy atom. The second kappa shape index (κ2) is 11.1. The van der Waals surface area contributed by atoms with Gasteiger partial charge in [0.1, 0.15) is 18.1 Å². The molecule has 2 amide bonds. The van der Waals surface area contributed by atoms with Gasteiger partial charge in [-0.05, 0) is 41.7 Å². The van der Waals surface area contributed by atoms with Crippen LogP contribution in [0.3, 0.4) is 0 Å². The van der Waals surface area contributed by atoms with Gasteiger partial charge < -0.3 is 20.4 Å². The van der Waals surface area contributed by atoms with Crippen LogP contribution < -0.4 is 5.32 Å². The van der Waals surface area contributed by atoms with E-state index in [1.807, 2.05) is 50.5 Å². The molecule has 0 saturated carbocycles. The summed E-state index contributed by atoms with van der Waals surface area (Å²) < 4.78 is 13.8. The standard InChI is InChI=1S/C29H33FN4O4S/c1-16(2)25(34-13-20-8-9-21(30)10-23(20)28(34)37)29(38)33-14-22(35)11-24(33)27(36)31-12-18-4-6-19(7-5-18)26-17(3)32-15-39-26/h4-10,15-16,22,24-25,28,35,37H,11-14H2,1-3H3,(H,31,36)/t22-,24+,25+,28?/m1/s1. The molecule has 1 unspecified atom stereocenters. The summed E-state index contributed by atoms with van der Waals surface area (Å²) in [5, 5.41) is 24.3. The van der Waals surface area contributed by atoms with Crippen LogP contribution >= 0.6 is 11.3 Å². The number of aliphatic hydroxyl groups is 2. The van der Waals surface area contributed by atoms with Gasteiger partial charge in [0.2, 0.25) is 11.8 Å². The van der Waals surface area contributed by atoms with Crippen molar-refractivity contribution in [3.63, 3.8) is 0 Å². The van der Waals surface area contributed by atoms with Gasteiger partial charge in [0.15, 0.2) is 0 Å². The molecular formula is C29H33FN4O4S. The lowest BCUT2D eigenvalue weighted by molar-refractivity contribution is -0.149. The van der Waals surface area contributed by atoms with E-state index in [4.69, 9.17) is 0 Å². The minimum absolute atomic E-state index is 0.0363. The molecule has 0 spiro atoms. The molecule has 2 aliphatic heterocycles. The zero-order chi connectivity index (χ0) is 27.8. The maximum atomic E-state index is 13.9. The topological polar surface area (TPSA) is 106 Å². The van der Waals surface area contributed by atoms with Crippen LogP contribution in [0.2, 0.25) is 0 Å². The maximum Gasteiger partial charge on any atom is 0.243 e. The first-order chi connectivity index (χ1) is 18.6. The Bertz CT molecular complexity index is 1360. The van der Waals surface area contributed by atoms with Crippen molar-refractivity contribution in [3.05, 3.63) is 76.2 Å². The predicted octanol–water partition coefficient (Wildman–Crippen LogP) is 3.37. The van der Waals surface area contributed by atoms with Crippen LogP contribution in [0, 0.1) is 18.7 Å². The summed E-state index contributed by atoms with van der Waals surface area (Å²) in [7, 11) is 0. The first-order valence-corrected chi connectivity index (χ1v) is 14.0. The Labute approximate surface area is 231 Å². The summed E-state index contributed by atoms with van der Waals surface area (Å²) in [4.78, 5) is 35.6. The molecule has 0 aliphatic carbocycles. The highest BCUT2D eigenvalue weighted by atomic mass is 32.1. The Morgan fingerprint density at radius 1 is 1.18 bits per heavy atom. The number of hydrogen-bond acceptors (Lipinski definition) is 7. The molecule has 3 heterocycles. The molecule has 206 valence electrons. The van der Waals surface area contributed by atoms with Crippen LogP contribution in [0.15, 0.2) is 48.0 Å². The number of β-amino-alcohol motifs (C(OH)–C–C–N with tert-alkyl or cyclic N) is 1. The van der Waals surface area contributed by atoms with Gasteiger partial charge in [0.25, 0.3) is 0 Å². The normalized spacial score (nSPS) is 21.8. The average Bonchev–Trinajstić information content (AvgIpc) is 3.60. The van der Waals surface area contributed by atoms with Crippen molar-refractivity contribution in [2.45, 2.75) is 64.7 Å². The van der Waals surface area contributed by atoms with Crippen molar-refractivity contribution in [2.24, 2.45) is 5.92 Å². The van der Waals surface area contributed by atoms with E-state index in [1.54, 1.807) is 22.3 Å². The summed E-state index contributed by atoms with van der Waals surface area (Å²) in [6.07, 6.45) is -1.82. The van der Waals surface area contributed by atoms with Crippen LogP contribution in [0.5, 0.6) is 0 Å². The number of benzene rings is 2. The lowest BCUT2D eigenvalue weighted by Crippen LogP contribution is -2.54. The van der Waals surface area contributed by atoms with Crippen molar-refractivity contribution in [3.8, 4) is 10.4 Å². The second-order valence-corrected chi connectivity index (χ2v) is 11.5. The molecule has 3 N–H and O–H groups in total. The van der Waals surface area contributed by atoms with E-state index in [9.17, 15) is 24.2 Å². The lowest BCUT2D eigenvalue weighted by Gasteiger charge is -2.36. The summed E-state index contributed by atoms with van der Waals surface area (Å²) in [5.74, 6) is -1.32. The monoisotopic (exact) mass is 552 g/mol. The van der Waals surface area contributed by atoms with Gasteiger partial charge >= 0.3 is 0 Å². The molecule has 0 bridgehead atoms. The number of aryl methyl sites for hydroxylation is 1. The van der Waals surface area contributed by atoms with Crippen molar-refractivity contribution in [1.82, 2.24) is 20.1 Å². The van der Waals surface area contributed by atoms with E-state index in [0.717, 1.165) is 27.3 Å². The number of amides is 2. The Morgan fingerprint density at radius 3 is 2.59 bits per heavy atom. The average molecular weight is 553 g/mol. The molecule has 2 aromatic carbocycles. The molecule has 5 rings (SSSR count). The highest BCUT2D eigenvalue weighted by molar-refractivity contribution is 7.13. The number of fused-ring (bicyclic) bond motifs is 1. The van der Waals surface area contributed by atoms with Gasteiger partial charge in [-0.3, -0.25) is 14.5 Å². The van der Waals surface area contributed by atoms with Crippen molar-refractivity contribution in [2.75, 3.05) is 6.54 Å². The summed E-state index contributed by atoms with van der Waals surface area (Å²) in [5.41, 5.74) is 5.97. The van der Waals surface area contributed by atoms with E-state index in [0.29, 0.717) is 5.56 Å². The molecule has 1 fully saturated rings. The number of aliphatic hydroxyl groups excluding tert-OH is 2. The number of hydrogen-bond donors (Lipinski definition) is 3. The van der Waals surface area contributed by atoms with Crippen molar-refractivity contribution in [1.29, 1.82) is 0 Å². The van der Waals surface area contributed by atoms with Crippen LogP contribution in [-0.2, 0) is 22.7 Å². The zero-order valence-electron chi connectivity index (χ0n) is 22.2. The lowest BCUT2D eigenvalue weighted by atomic mass is 10.00. The van der Waals surface area contributed by atoms with Crippen molar-refractivity contribution < 1.29 is 24.2 Å². The van der Waals surface area contributed by atoms with Gasteiger partial charge in [-0.25, -0.2) is 9.37 Å². The molecule has 1 saturated heterocycles. The molecule has 1 aromatic heterocycles. The number of carbonyl (C=O) groups is 2. The summed E-state index contributed by atoms with van der Waals surface area (Å²) >= 11 is 1.58. The SMILES string of the molecule is Cc1ncsc1-c1ccc(CNC(=O)[C@@H]2C[C@@H](O)CN2C(=O)[C@H](C(C)C)N2Cc3ccc(F)cc3C2O)cc1. The highest BCUT2D eigenvalue weighted by Gasteiger charge is 2.46. The maximum absolute atomic E-state index is 13.9. The van der Waals surface area contributed by atoms with Crippen LogP contribution in [0.1, 0.15) is 48.9 Å². The predicted molar refractivity (Wildman–Crippen MR) is 146 cm³/mol. The number of carbonyl (C=O) groups excluding carboxylic acids is 2. The third-order valence-electron chi connectivity index (χ3n) is 7.59. The van der Waals surface area contributed by atoms with Gasteiger partial charge in [-0.1, -0.05) is 44.2 Å². The number of likely N-dealkylation sites (tertiary alicyclic amines) is 1. The number of thiazole rings is 1. The minimum atomic E-state index is -1.14. The van der Waals surface area contributed by atoms with Crippen LogP contribution in [-0.4, -0.2) is 61.5 Å². The fourth-order valence-corrected chi connectivity index (χ4v) is 6.42. The van der Waals surface area contributed by atoms with E-state index in [1.165, 1.54) is 17.0 Å². The van der Waals surface area contributed by atoms with E-state index < -0.39 is 30.2 Å². The van der Waals surface area contributed by atoms with Gasteiger partial charge in [-0.2, -0.15) is 0 Å².